The summed E-state index contributed by atoms with van der Waals surface area (Å²) in [7, 11) is 0. The number of aliphatic hydroxyl groups excluding tert-OH is 2. The summed E-state index contributed by atoms with van der Waals surface area (Å²) in [6, 6.07) is 4.41. The molecule has 17 heavy (non-hydrogen) atoms. The molecule has 1 aliphatic heterocycles. The Morgan fingerprint density at radius 1 is 1.47 bits per heavy atom. The number of likely N-dealkylation sites (tertiary alicyclic amines) is 1. The van der Waals surface area contributed by atoms with Gasteiger partial charge in [-0.15, -0.1) is 11.3 Å². The Kier molecular flexibility index (Phi) is 4.98. The Balaban J connectivity index is 1.91. The third kappa shape index (κ3) is 3.52. The molecule has 0 radical (unpaired) electrons. The van der Waals surface area contributed by atoms with Crippen LogP contribution in [-0.4, -0.2) is 40.9 Å². The zero-order valence-electron chi connectivity index (χ0n) is 10.1. The Labute approximate surface area is 107 Å². The lowest BCUT2D eigenvalue weighted by Crippen LogP contribution is -2.42. The van der Waals surface area contributed by atoms with Gasteiger partial charge in [0.25, 0.3) is 0 Å². The average Bonchev–Trinajstić information content (AvgIpc) is 2.85. The van der Waals surface area contributed by atoms with Crippen LogP contribution in [0.5, 0.6) is 0 Å². The molecule has 1 aromatic heterocycles. The van der Waals surface area contributed by atoms with Crippen molar-refractivity contribution in [1.82, 2.24) is 4.90 Å². The van der Waals surface area contributed by atoms with Gasteiger partial charge in [0.2, 0.25) is 0 Å². The Morgan fingerprint density at radius 2 is 2.35 bits per heavy atom. The molecule has 1 fully saturated rings. The molecular weight excluding hydrogens is 234 g/mol. The molecule has 3 nitrogen and oxygen atoms in total. The van der Waals surface area contributed by atoms with E-state index < -0.39 is 0 Å². The predicted molar refractivity (Wildman–Crippen MR) is 70.2 cm³/mol. The smallest absolute Gasteiger partial charge is 0.101 e. The lowest BCUT2D eigenvalue weighted by Gasteiger charge is -2.36. The largest absolute Gasteiger partial charge is 0.396 e. The highest BCUT2D eigenvalue weighted by Gasteiger charge is 2.24. The van der Waals surface area contributed by atoms with Crippen LogP contribution in [0.1, 0.15) is 36.7 Å². The molecule has 0 saturated carbocycles. The van der Waals surface area contributed by atoms with Crippen molar-refractivity contribution in [1.29, 1.82) is 0 Å². The first-order valence-corrected chi connectivity index (χ1v) is 7.25. The maximum atomic E-state index is 10.2. The highest BCUT2D eigenvalue weighted by Crippen LogP contribution is 2.25. The van der Waals surface area contributed by atoms with Crippen molar-refractivity contribution in [2.24, 2.45) is 0 Å². The van der Waals surface area contributed by atoms with Crippen LogP contribution in [0.2, 0.25) is 0 Å². The molecule has 96 valence electrons. The molecule has 2 rings (SSSR count). The number of hydrogen-bond acceptors (Lipinski definition) is 4. The molecule has 1 aliphatic rings. The molecule has 0 aliphatic carbocycles. The van der Waals surface area contributed by atoms with Gasteiger partial charge in [0.05, 0.1) is 0 Å². The number of hydrogen-bond donors (Lipinski definition) is 2. The Bertz CT molecular complexity index is 313. The summed E-state index contributed by atoms with van der Waals surface area (Å²) in [4.78, 5) is 3.38. The molecule has 1 saturated heterocycles. The number of nitrogens with zero attached hydrogens (tertiary/aromatic N) is 1. The van der Waals surface area contributed by atoms with Gasteiger partial charge in [-0.3, -0.25) is 4.90 Å². The minimum Gasteiger partial charge on any atom is -0.396 e. The van der Waals surface area contributed by atoms with Gasteiger partial charge in [-0.25, -0.2) is 0 Å². The van der Waals surface area contributed by atoms with Gasteiger partial charge in [-0.1, -0.05) is 12.5 Å². The molecule has 0 aromatic carbocycles. The number of rotatable bonds is 5. The van der Waals surface area contributed by atoms with Crippen LogP contribution in [0.25, 0.3) is 0 Å². The monoisotopic (exact) mass is 255 g/mol. The van der Waals surface area contributed by atoms with Gasteiger partial charge in [-0.2, -0.15) is 0 Å². The second-order valence-corrected chi connectivity index (χ2v) is 5.67. The summed E-state index contributed by atoms with van der Waals surface area (Å²) < 4.78 is 0. The summed E-state index contributed by atoms with van der Waals surface area (Å²) in [6.45, 7) is 1.99. The highest BCUT2D eigenvalue weighted by molar-refractivity contribution is 7.10. The highest BCUT2D eigenvalue weighted by atomic mass is 32.1. The van der Waals surface area contributed by atoms with E-state index in [9.17, 15) is 5.11 Å². The van der Waals surface area contributed by atoms with Crippen molar-refractivity contribution in [2.45, 2.75) is 37.8 Å². The van der Waals surface area contributed by atoms with E-state index in [4.69, 9.17) is 5.11 Å². The van der Waals surface area contributed by atoms with Crippen LogP contribution in [0.4, 0.5) is 0 Å². The number of aliphatic hydroxyl groups is 2. The molecule has 2 unspecified atom stereocenters. The molecule has 2 atom stereocenters. The van der Waals surface area contributed by atoms with Crippen LogP contribution in [0, 0.1) is 0 Å². The summed E-state index contributed by atoms with van der Waals surface area (Å²) in [5.41, 5.74) is 0. The van der Waals surface area contributed by atoms with Crippen molar-refractivity contribution < 1.29 is 10.2 Å². The van der Waals surface area contributed by atoms with E-state index in [1.54, 1.807) is 11.3 Å². The summed E-state index contributed by atoms with van der Waals surface area (Å²) in [5, 5.41) is 21.2. The van der Waals surface area contributed by atoms with Crippen molar-refractivity contribution in [3.8, 4) is 0 Å². The third-order valence-electron chi connectivity index (χ3n) is 3.49. The number of β-amino-alcohol motifs (C(OH)–C–C–N with tert-alkyl or cyclic N) is 1. The normalized spacial score (nSPS) is 23.8. The first-order chi connectivity index (χ1) is 8.31. The van der Waals surface area contributed by atoms with Gasteiger partial charge >= 0.3 is 0 Å². The number of piperidine rings is 1. The fraction of sp³-hybridized carbons (Fsp3) is 0.692. The van der Waals surface area contributed by atoms with Crippen LogP contribution >= 0.6 is 11.3 Å². The zero-order valence-corrected chi connectivity index (χ0v) is 10.9. The standard InChI is InChI=1S/C13H21NO2S/c15-8-6-11-4-1-2-7-14(11)10-12(16)13-5-3-9-17-13/h3,5,9,11-12,15-16H,1-2,4,6-8,10H2. The van der Waals surface area contributed by atoms with E-state index in [-0.39, 0.29) is 12.7 Å². The van der Waals surface area contributed by atoms with Crippen molar-refractivity contribution in [3.63, 3.8) is 0 Å². The van der Waals surface area contributed by atoms with E-state index >= 15 is 0 Å². The van der Waals surface area contributed by atoms with E-state index in [0.717, 1.165) is 24.3 Å². The topological polar surface area (TPSA) is 43.7 Å². The fourth-order valence-electron chi connectivity index (χ4n) is 2.57. The Hall–Kier alpha value is -0.420. The van der Waals surface area contributed by atoms with Crippen LogP contribution in [0.3, 0.4) is 0 Å². The average molecular weight is 255 g/mol. The van der Waals surface area contributed by atoms with E-state index in [2.05, 4.69) is 4.90 Å². The summed E-state index contributed by atoms with van der Waals surface area (Å²) in [6.07, 6.45) is 4.05. The number of thiophene rings is 1. The van der Waals surface area contributed by atoms with Crippen LogP contribution < -0.4 is 0 Å². The molecule has 0 amide bonds. The molecule has 0 spiro atoms. The second-order valence-electron chi connectivity index (χ2n) is 4.69. The van der Waals surface area contributed by atoms with Crippen LogP contribution in [0.15, 0.2) is 17.5 Å². The minimum atomic E-state index is -0.380. The van der Waals surface area contributed by atoms with Crippen molar-refractivity contribution in [2.75, 3.05) is 19.7 Å². The predicted octanol–water partition coefficient (Wildman–Crippen LogP) is 2.02. The van der Waals surface area contributed by atoms with Gasteiger partial charge in [0, 0.05) is 24.1 Å². The van der Waals surface area contributed by atoms with Crippen molar-refractivity contribution >= 4 is 11.3 Å². The SMILES string of the molecule is OCCC1CCCCN1CC(O)c1cccs1. The first-order valence-electron chi connectivity index (χ1n) is 6.37. The van der Waals surface area contributed by atoms with Gasteiger partial charge in [0.15, 0.2) is 0 Å². The molecule has 0 bridgehead atoms. The molecule has 4 heteroatoms. The third-order valence-corrected chi connectivity index (χ3v) is 4.46. The van der Waals surface area contributed by atoms with Crippen molar-refractivity contribution in [3.05, 3.63) is 22.4 Å². The maximum absolute atomic E-state index is 10.2. The summed E-state index contributed by atoms with van der Waals surface area (Å²) >= 11 is 1.61. The summed E-state index contributed by atoms with van der Waals surface area (Å²) in [5.74, 6) is 0. The second kappa shape index (κ2) is 6.50. The van der Waals surface area contributed by atoms with Gasteiger partial charge in [-0.05, 0) is 37.3 Å². The molecule has 2 N–H and O–H groups in total. The molecule has 1 aromatic rings. The lowest BCUT2D eigenvalue weighted by atomic mass is 9.99. The first kappa shape index (κ1) is 13.0. The Morgan fingerprint density at radius 3 is 3.06 bits per heavy atom. The maximum Gasteiger partial charge on any atom is 0.101 e. The van der Waals surface area contributed by atoms with E-state index in [1.807, 2.05) is 17.5 Å². The van der Waals surface area contributed by atoms with E-state index in [0.29, 0.717) is 12.6 Å². The molecular formula is C13H21NO2S. The quantitative estimate of drug-likeness (QED) is 0.846. The van der Waals surface area contributed by atoms with Gasteiger partial charge in [0.1, 0.15) is 6.10 Å². The molecule has 2 heterocycles. The lowest BCUT2D eigenvalue weighted by molar-refractivity contribution is 0.0580. The fourth-order valence-corrected chi connectivity index (χ4v) is 3.27. The van der Waals surface area contributed by atoms with Crippen LogP contribution in [-0.2, 0) is 0 Å². The van der Waals surface area contributed by atoms with E-state index in [1.165, 1.54) is 12.8 Å². The van der Waals surface area contributed by atoms with Gasteiger partial charge < -0.3 is 10.2 Å². The minimum absolute atomic E-state index is 0.246. The zero-order chi connectivity index (χ0) is 12.1.